The number of carboxylic acids is 1. The van der Waals surface area contributed by atoms with Crippen molar-refractivity contribution in [2.24, 2.45) is 5.92 Å². The Morgan fingerprint density at radius 1 is 1.03 bits per heavy atom. The summed E-state index contributed by atoms with van der Waals surface area (Å²) < 4.78 is 5.43. The highest BCUT2D eigenvalue weighted by atomic mass is 35.5. The Hall–Kier alpha value is -2.70. The lowest BCUT2D eigenvalue weighted by Gasteiger charge is -2.04. The standard InChI is InChI=1S/C22H25N3O3.ClH/c1-15(2)13-16-3-9-19(10-4-16)22-24-21(25-28-22)18-7-5-17(6-8-18)14-23-12-11-20(26)27;/h3-10,15,23H,11-14H2,1-2H3,(H,26,27);1H. The van der Waals surface area contributed by atoms with Crippen LogP contribution in [0.4, 0.5) is 0 Å². The molecule has 0 fully saturated rings. The van der Waals surface area contributed by atoms with Crippen molar-refractivity contribution in [3.05, 3.63) is 59.7 Å². The van der Waals surface area contributed by atoms with Gasteiger partial charge in [-0.2, -0.15) is 4.98 Å². The van der Waals surface area contributed by atoms with Gasteiger partial charge in [-0.15, -0.1) is 12.4 Å². The first-order valence-corrected chi connectivity index (χ1v) is 9.46. The van der Waals surface area contributed by atoms with E-state index in [1.54, 1.807) is 0 Å². The Morgan fingerprint density at radius 3 is 2.28 bits per heavy atom. The molecule has 3 rings (SSSR count). The van der Waals surface area contributed by atoms with Crippen molar-refractivity contribution in [1.82, 2.24) is 15.5 Å². The average Bonchev–Trinajstić information content (AvgIpc) is 3.16. The summed E-state index contributed by atoms with van der Waals surface area (Å²) in [4.78, 5) is 15.0. The van der Waals surface area contributed by atoms with E-state index in [2.05, 4.69) is 41.4 Å². The van der Waals surface area contributed by atoms with Crippen molar-refractivity contribution in [1.29, 1.82) is 0 Å². The number of hydrogen-bond acceptors (Lipinski definition) is 5. The number of rotatable bonds is 9. The molecule has 2 N–H and O–H groups in total. The number of aromatic nitrogens is 2. The van der Waals surface area contributed by atoms with Gasteiger partial charge in [0.2, 0.25) is 5.82 Å². The molecule has 0 bridgehead atoms. The second kappa shape index (κ2) is 10.7. The Kier molecular flexibility index (Phi) is 8.36. The third-order valence-corrected chi connectivity index (χ3v) is 4.33. The second-order valence-electron chi connectivity index (χ2n) is 7.24. The highest BCUT2D eigenvalue weighted by Crippen LogP contribution is 2.23. The van der Waals surface area contributed by atoms with Gasteiger partial charge in [0, 0.05) is 24.2 Å². The van der Waals surface area contributed by atoms with Crippen molar-refractivity contribution in [3.8, 4) is 22.8 Å². The third kappa shape index (κ3) is 6.69. The zero-order valence-corrected chi connectivity index (χ0v) is 17.4. The molecule has 0 aliphatic heterocycles. The van der Waals surface area contributed by atoms with Gasteiger partial charge in [-0.1, -0.05) is 55.4 Å². The molecule has 0 saturated carbocycles. The summed E-state index contributed by atoms with van der Waals surface area (Å²) >= 11 is 0. The molecular formula is C22H26ClN3O3. The molecule has 1 heterocycles. The number of aliphatic carboxylic acids is 1. The number of carbonyl (C=O) groups is 1. The van der Waals surface area contributed by atoms with E-state index < -0.39 is 5.97 Å². The van der Waals surface area contributed by atoms with Crippen LogP contribution in [0.2, 0.25) is 0 Å². The van der Waals surface area contributed by atoms with Crippen molar-refractivity contribution < 1.29 is 14.4 Å². The Balaban J connectivity index is 0.00000300. The maximum Gasteiger partial charge on any atom is 0.304 e. The number of nitrogens with one attached hydrogen (secondary N) is 1. The number of carboxylic acid groups (broad SMARTS) is 1. The van der Waals surface area contributed by atoms with Crippen LogP contribution in [0.5, 0.6) is 0 Å². The fourth-order valence-corrected chi connectivity index (χ4v) is 2.91. The summed E-state index contributed by atoms with van der Waals surface area (Å²) in [6.07, 6.45) is 1.16. The second-order valence-corrected chi connectivity index (χ2v) is 7.24. The smallest absolute Gasteiger partial charge is 0.304 e. The molecule has 0 atom stereocenters. The van der Waals surface area contributed by atoms with E-state index in [1.165, 1.54) is 5.56 Å². The van der Waals surface area contributed by atoms with Gasteiger partial charge in [-0.25, -0.2) is 0 Å². The molecule has 6 nitrogen and oxygen atoms in total. The minimum atomic E-state index is -0.801. The summed E-state index contributed by atoms with van der Waals surface area (Å²) in [5, 5.41) is 15.8. The van der Waals surface area contributed by atoms with Crippen LogP contribution in [0.15, 0.2) is 53.1 Å². The lowest BCUT2D eigenvalue weighted by Crippen LogP contribution is -2.17. The van der Waals surface area contributed by atoms with Crippen LogP contribution in [0.3, 0.4) is 0 Å². The predicted octanol–water partition coefficient (Wildman–Crippen LogP) is 4.59. The first-order valence-electron chi connectivity index (χ1n) is 9.46. The molecule has 7 heteroatoms. The molecule has 0 saturated heterocycles. The van der Waals surface area contributed by atoms with Crippen LogP contribution in [-0.2, 0) is 17.8 Å². The van der Waals surface area contributed by atoms with E-state index in [9.17, 15) is 4.79 Å². The molecule has 2 aromatic carbocycles. The molecule has 29 heavy (non-hydrogen) atoms. The zero-order valence-electron chi connectivity index (χ0n) is 16.6. The number of halogens is 1. The molecule has 3 aromatic rings. The number of benzene rings is 2. The van der Waals surface area contributed by atoms with Crippen LogP contribution in [0.1, 0.15) is 31.4 Å². The van der Waals surface area contributed by atoms with Gasteiger partial charge in [0.05, 0.1) is 6.42 Å². The van der Waals surface area contributed by atoms with E-state index >= 15 is 0 Å². The average molecular weight is 416 g/mol. The topological polar surface area (TPSA) is 88.2 Å². The molecule has 0 unspecified atom stereocenters. The summed E-state index contributed by atoms with van der Waals surface area (Å²) in [5.74, 6) is 0.874. The normalized spacial score (nSPS) is 10.7. The van der Waals surface area contributed by atoms with Crippen LogP contribution in [0.25, 0.3) is 22.8 Å². The third-order valence-electron chi connectivity index (χ3n) is 4.33. The van der Waals surface area contributed by atoms with Crippen molar-refractivity contribution in [2.75, 3.05) is 6.54 Å². The molecule has 0 amide bonds. The highest BCUT2D eigenvalue weighted by molar-refractivity contribution is 5.85. The van der Waals surface area contributed by atoms with Gasteiger partial charge in [-0.05, 0) is 35.6 Å². The molecule has 0 spiro atoms. The largest absolute Gasteiger partial charge is 0.481 e. The lowest BCUT2D eigenvalue weighted by molar-refractivity contribution is -0.136. The van der Waals surface area contributed by atoms with Crippen LogP contribution < -0.4 is 5.32 Å². The van der Waals surface area contributed by atoms with Crippen LogP contribution in [0, 0.1) is 5.92 Å². The van der Waals surface area contributed by atoms with E-state index in [-0.39, 0.29) is 18.8 Å². The van der Waals surface area contributed by atoms with Crippen molar-refractivity contribution in [3.63, 3.8) is 0 Å². The van der Waals surface area contributed by atoms with Gasteiger partial charge >= 0.3 is 5.97 Å². The first kappa shape index (κ1) is 22.6. The fraction of sp³-hybridized carbons (Fsp3) is 0.318. The molecule has 154 valence electrons. The summed E-state index contributed by atoms with van der Waals surface area (Å²) in [6.45, 7) is 5.47. The highest BCUT2D eigenvalue weighted by Gasteiger charge is 2.11. The Bertz CT molecular complexity index is 906. The van der Waals surface area contributed by atoms with E-state index in [4.69, 9.17) is 9.63 Å². The van der Waals surface area contributed by atoms with Crippen LogP contribution >= 0.6 is 12.4 Å². The van der Waals surface area contributed by atoms with E-state index in [1.807, 2.05) is 36.4 Å². The van der Waals surface area contributed by atoms with E-state index in [0.717, 1.165) is 23.1 Å². The van der Waals surface area contributed by atoms with Crippen molar-refractivity contribution >= 4 is 18.4 Å². The monoisotopic (exact) mass is 415 g/mol. The Morgan fingerprint density at radius 2 is 1.66 bits per heavy atom. The summed E-state index contributed by atoms with van der Waals surface area (Å²) in [6, 6.07) is 16.1. The predicted molar refractivity (Wildman–Crippen MR) is 115 cm³/mol. The van der Waals surface area contributed by atoms with Gasteiger partial charge < -0.3 is 14.9 Å². The fourth-order valence-electron chi connectivity index (χ4n) is 2.91. The first-order chi connectivity index (χ1) is 13.5. The zero-order chi connectivity index (χ0) is 19.9. The van der Waals surface area contributed by atoms with Gasteiger partial charge in [-0.3, -0.25) is 4.79 Å². The Labute approximate surface area is 176 Å². The SMILES string of the molecule is CC(C)Cc1ccc(-c2nc(-c3ccc(CNCCC(=O)O)cc3)no2)cc1.Cl. The molecule has 0 aliphatic rings. The summed E-state index contributed by atoms with van der Waals surface area (Å²) in [5.41, 5.74) is 4.15. The van der Waals surface area contributed by atoms with Crippen LogP contribution in [-0.4, -0.2) is 27.8 Å². The minimum Gasteiger partial charge on any atom is -0.481 e. The summed E-state index contributed by atoms with van der Waals surface area (Å²) in [7, 11) is 0. The maximum atomic E-state index is 10.5. The number of hydrogen-bond donors (Lipinski definition) is 2. The van der Waals surface area contributed by atoms with Gasteiger partial charge in [0.1, 0.15) is 0 Å². The maximum absolute atomic E-state index is 10.5. The van der Waals surface area contributed by atoms with Gasteiger partial charge in [0.15, 0.2) is 0 Å². The lowest BCUT2D eigenvalue weighted by atomic mass is 10.0. The molecule has 0 radical (unpaired) electrons. The molecule has 0 aliphatic carbocycles. The quantitative estimate of drug-likeness (QED) is 0.497. The minimum absolute atomic E-state index is 0. The van der Waals surface area contributed by atoms with E-state index in [0.29, 0.717) is 30.7 Å². The van der Waals surface area contributed by atoms with Crippen molar-refractivity contribution in [2.45, 2.75) is 33.2 Å². The van der Waals surface area contributed by atoms with Gasteiger partial charge in [0.25, 0.3) is 5.89 Å². The molecule has 1 aromatic heterocycles. The molecular weight excluding hydrogens is 390 g/mol. The number of nitrogens with zero attached hydrogens (tertiary/aromatic N) is 2.